The highest BCUT2D eigenvalue weighted by atomic mass is 19.1. The molecule has 0 atom stereocenters. The Morgan fingerprint density at radius 1 is 1.20 bits per heavy atom. The molecule has 1 fully saturated rings. The molecule has 3 heteroatoms. The Morgan fingerprint density at radius 2 is 1.80 bits per heavy atom. The number of hydrogen-bond acceptors (Lipinski definition) is 2. The summed E-state index contributed by atoms with van der Waals surface area (Å²) < 4.78 is 14.2. The molecule has 0 unspecified atom stereocenters. The van der Waals surface area contributed by atoms with Crippen LogP contribution in [0.2, 0.25) is 0 Å². The van der Waals surface area contributed by atoms with Gasteiger partial charge in [-0.2, -0.15) is 0 Å². The summed E-state index contributed by atoms with van der Waals surface area (Å²) >= 11 is 0. The van der Waals surface area contributed by atoms with E-state index < -0.39 is 0 Å². The van der Waals surface area contributed by atoms with Crippen molar-refractivity contribution < 1.29 is 4.39 Å². The maximum absolute atomic E-state index is 14.2. The van der Waals surface area contributed by atoms with Crippen LogP contribution in [0.25, 0.3) is 0 Å². The van der Waals surface area contributed by atoms with Crippen molar-refractivity contribution in [2.45, 2.75) is 78.8 Å². The van der Waals surface area contributed by atoms with Crippen molar-refractivity contribution >= 4 is 0 Å². The summed E-state index contributed by atoms with van der Waals surface area (Å²) in [5.74, 6) is -0.107. The number of halogens is 1. The van der Waals surface area contributed by atoms with Gasteiger partial charge in [0, 0.05) is 18.6 Å². The van der Waals surface area contributed by atoms with E-state index in [9.17, 15) is 4.39 Å². The van der Waals surface area contributed by atoms with Crippen LogP contribution in [0.4, 0.5) is 4.39 Å². The van der Waals surface area contributed by atoms with E-state index in [0.29, 0.717) is 12.1 Å². The van der Waals surface area contributed by atoms with Crippen LogP contribution < -0.4 is 0 Å². The van der Waals surface area contributed by atoms with E-state index in [1.165, 1.54) is 38.6 Å². The third-order valence-electron chi connectivity index (χ3n) is 5.46. The number of rotatable bonds is 10. The predicted octanol–water partition coefficient (Wildman–Crippen LogP) is 5.73. The second kappa shape index (κ2) is 11.6. The molecule has 0 aromatic heterocycles. The second-order valence-electron chi connectivity index (χ2n) is 7.44. The second-order valence-corrected chi connectivity index (χ2v) is 7.44. The molecule has 0 bridgehead atoms. The van der Waals surface area contributed by atoms with Crippen LogP contribution in [0.3, 0.4) is 0 Å². The normalized spacial score (nSPS) is 18.8. The lowest BCUT2D eigenvalue weighted by atomic mass is 9.98. The van der Waals surface area contributed by atoms with Gasteiger partial charge in [-0.1, -0.05) is 33.4 Å². The van der Waals surface area contributed by atoms with E-state index >= 15 is 0 Å². The van der Waals surface area contributed by atoms with Gasteiger partial charge in [-0.15, -0.1) is 0 Å². The molecule has 1 heterocycles. The SMILES string of the molecule is C=C/C(C)=C\C(F)=C(/C)CN1CCC(N(CCC)C(CC)CC)CC1. The Bertz CT molecular complexity index is 455. The van der Waals surface area contributed by atoms with E-state index in [2.05, 4.69) is 37.1 Å². The molecule has 1 aliphatic heterocycles. The lowest BCUT2D eigenvalue weighted by molar-refractivity contribution is 0.0719. The fourth-order valence-electron chi connectivity index (χ4n) is 3.88. The van der Waals surface area contributed by atoms with Gasteiger partial charge in [-0.25, -0.2) is 4.39 Å². The first-order valence-electron chi connectivity index (χ1n) is 10.1. The summed E-state index contributed by atoms with van der Waals surface area (Å²) in [5, 5.41) is 0. The Labute approximate surface area is 155 Å². The first-order chi connectivity index (χ1) is 12.0. The molecule has 1 saturated heterocycles. The highest BCUT2D eigenvalue weighted by Crippen LogP contribution is 2.23. The molecule has 0 aromatic carbocycles. The van der Waals surface area contributed by atoms with Crippen molar-refractivity contribution in [1.82, 2.24) is 9.80 Å². The number of likely N-dealkylation sites (tertiary alicyclic amines) is 1. The number of allylic oxidation sites excluding steroid dienone is 4. The predicted molar refractivity (Wildman–Crippen MR) is 109 cm³/mol. The zero-order valence-electron chi connectivity index (χ0n) is 17.2. The zero-order chi connectivity index (χ0) is 18.8. The lowest BCUT2D eigenvalue weighted by Crippen LogP contribution is -2.49. The number of hydrogen-bond donors (Lipinski definition) is 0. The molecule has 0 aliphatic carbocycles. The molecule has 0 amide bonds. The summed E-state index contributed by atoms with van der Waals surface area (Å²) in [5.41, 5.74) is 1.70. The summed E-state index contributed by atoms with van der Waals surface area (Å²) in [6, 6.07) is 1.40. The van der Waals surface area contributed by atoms with Gasteiger partial charge in [-0.3, -0.25) is 9.80 Å². The monoisotopic (exact) mass is 350 g/mol. The molecule has 25 heavy (non-hydrogen) atoms. The third kappa shape index (κ3) is 7.07. The van der Waals surface area contributed by atoms with Gasteiger partial charge in [0.2, 0.25) is 0 Å². The van der Waals surface area contributed by atoms with Gasteiger partial charge in [0.05, 0.1) is 0 Å². The Balaban J connectivity index is 2.62. The number of nitrogens with zero attached hydrogens (tertiary/aromatic N) is 2. The first-order valence-corrected chi connectivity index (χ1v) is 10.1. The average Bonchev–Trinajstić information content (AvgIpc) is 2.62. The minimum absolute atomic E-state index is 0.107. The minimum atomic E-state index is -0.107. The van der Waals surface area contributed by atoms with Crippen molar-refractivity contribution in [1.29, 1.82) is 0 Å². The number of piperidine rings is 1. The smallest absolute Gasteiger partial charge is 0.123 e. The summed E-state index contributed by atoms with van der Waals surface area (Å²) in [4.78, 5) is 5.15. The van der Waals surface area contributed by atoms with E-state index in [-0.39, 0.29) is 5.83 Å². The van der Waals surface area contributed by atoms with Gasteiger partial charge in [0.15, 0.2) is 0 Å². The van der Waals surface area contributed by atoms with Crippen molar-refractivity contribution in [3.63, 3.8) is 0 Å². The highest BCUT2D eigenvalue weighted by Gasteiger charge is 2.27. The topological polar surface area (TPSA) is 6.48 Å². The molecule has 0 spiro atoms. The van der Waals surface area contributed by atoms with E-state index in [0.717, 1.165) is 30.8 Å². The first kappa shape index (κ1) is 22.1. The molecule has 0 radical (unpaired) electrons. The average molecular weight is 351 g/mol. The van der Waals surface area contributed by atoms with Crippen LogP contribution in [0.1, 0.15) is 66.7 Å². The maximum Gasteiger partial charge on any atom is 0.123 e. The minimum Gasteiger partial charge on any atom is -0.299 e. The Kier molecular flexibility index (Phi) is 10.3. The Morgan fingerprint density at radius 3 is 2.28 bits per heavy atom. The summed E-state index contributed by atoms with van der Waals surface area (Å²) in [6.07, 6.45) is 9.37. The van der Waals surface area contributed by atoms with Crippen LogP contribution in [0.15, 0.2) is 35.7 Å². The highest BCUT2D eigenvalue weighted by molar-refractivity contribution is 5.27. The van der Waals surface area contributed by atoms with Crippen LogP contribution in [0.5, 0.6) is 0 Å². The largest absolute Gasteiger partial charge is 0.299 e. The van der Waals surface area contributed by atoms with Gasteiger partial charge in [0.1, 0.15) is 5.83 Å². The lowest BCUT2D eigenvalue weighted by Gasteiger charge is -2.42. The fourth-order valence-corrected chi connectivity index (χ4v) is 3.88. The van der Waals surface area contributed by atoms with Crippen LogP contribution in [-0.4, -0.2) is 48.1 Å². The summed E-state index contributed by atoms with van der Waals surface area (Å²) in [7, 11) is 0. The zero-order valence-corrected chi connectivity index (χ0v) is 17.2. The fraction of sp³-hybridized carbons (Fsp3) is 0.727. The van der Waals surface area contributed by atoms with Crippen molar-refractivity contribution in [3.05, 3.63) is 35.7 Å². The molecular weight excluding hydrogens is 311 g/mol. The molecule has 2 nitrogen and oxygen atoms in total. The molecule has 0 aromatic rings. The van der Waals surface area contributed by atoms with E-state index in [1.54, 1.807) is 12.2 Å². The molecular formula is C22H39FN2. The van der Waals surface area contributed by atoms with Gasteiger partial charge >= 0.3 is 0 Å². The molecule has 0 N–H and O–H groups in total. The van der Waals surface area contributed by atoms with E-state index in [4.69, 9.17) is 0 Å². The molecule has 144 valence electrons. The van der Waals surface area contributed by atoms with Crippen LogP contribution in [-0.2, 0) is 0 Å². The molecule has 1 rings (SSSR count). The maximum atomic E-state index is 14.2. The van der Waals surface area contributed by atoms with Gasteiger partial charge in [-0.05, 0) is 82.8 Å². The quantitative estimate of drug-likeness (QED) is 0.464. The van der Waals surface area contributed by atoms with E-state index in [1.807, 2.05) is 13.8 Å². The van der Waals surface area contributed by atoms with Crippen LogP contribution in [0, 0.1) is 0 Å². The van der Waals surface area contributed by atoms with Crippen LogP contribution >= 0.6 is 0 Å². The molecule has 0 saturated carbocycles. The van der Waals surface area contributed by atoms with Gasteiger partial charge in [0.25, 0.3) is 0 Å². The van der Waals surface area contributed by atoms with Crippen molar-refractivity contribution in [2.24, 2.45) is 0 Å². The molecule has 1 aliphatic rings. The van der Waals surface area contributed by atoms with Crippen molar-refractivity contribution in [2.75, 3.05) is 26.2 Å². The Hall–Kier alpha value is -0.930. The third-order valence-corrected chi connectivity index (χ3v) is 5.46. The van der Waals surface area contributed by atoms with Crippen molar-refractivity contribution in [3.8, 4) is 0 Å². The van der Waals surface area contributed by atoms with Gasteiger partial charge < -0.3 is 0 Å². The summed E-state index contributed by atoms with van der Waals surface area (Å²) in [6.45, 7) is 18.4. The standard InChI is InChI=1S/C22H39FN2/c1-7-13-25(20(9-3)10-4)21-11-14-24(15-12-21)17-19(6)22(23)16-18(5)8-2/h8,16,20-21H,2,7,9-15,17H2,1,3-6H3/b18-16-,22-19-.